The van der Waals surface area contributed by atoms with Crippen LogP contribution in [0.3, 0.4) is 0 Å². The molecule has 130 valence electrons. The SMILES string of the molecule is CCN1CCN(c2nc(NCc3cccs3)c3ccccc3n2)CC1. The van der Waals surface area contributed by atoms with E-state index < -0.39 is 0 Å². The molecule has 5 nitrogen and oxygen atoms in total. The van der Waals surface area contributed by atoms with Gasteiger partial charge < -0.3 is 15.1 Å². The first-order valence-electron chi connectivity index (χ1n) is 8.84. The summed E-state index contributed by atoms with van der Waals surface area (Å²) < 4.78 is 0. The van der Waals surface area contributed by atoms with E-state index in [9.17, 15) is 0 Å². The van der Waals surface area contributed by atoms with Gasteiger partial charge in [0.25, 0.3) is 0 Å². The Morgan fingerprint density at radius 3 is 2.64 bits per heavy atom. The van der Waals surface area contributed by atoms with E-state index >= 15 is 0 Å². The average molecular weight is 353 g/mol. The molecule has 6 heteroatoms. The van der Waals surface area contributed by atoms with Crippen LogP contribution in [0.4, 0.5) is 11.8 Å². The quantitative estimate of drug-likeness (QED) is 0.761. The number of hydrogen-bond donors (Lipinski definition) is 1. The average Bonchev–Trinajstić information content (AvgIpc) is 3.19. The number of likely N-dealkylation sites (N-methyl/N-ethyl adjacent to an activating group) is 1. The highest BCUT2D eigenvalue weighted by molar-refractivity contribution is 7.09. The molecular formula is C19H23N5S. The van der Waals surface area contributed by atoms with Crippen molar-refractivity contribution in [3.63, 3.8) is 0 Å². The highest BCUT2D eigenvalue weighted by atomic mass is 32.1. The second kappa shape index (κ2) is 7.37. The second-order valence-corrected chi connectivity index (χ2v) is 7.28. The van der Waals surface area contributed by atoms with Crippen molar-refractivity contribution in [2.75, 3.05) is 42.9 Å². The van der Waals surface area contributed by atoms with Crippen molar-refractivity contribution in [2.45, 2.75) is 13.5 Å². The van der Waals surface area contributed by atoms with E-state index in [4.69, 9.17) is 9.97 Å². The van der Waals surface area contributed by atoms with E-state index in [0.717, 1.165) is 61.9 Å². The fourth-order valence-corrected chi connectivity index (χ4v) is 3.83. The first-order chi connectivity index (χ1) is 12.3. The summed E-state index contributed by atoms with van der Waals surface area (Å²) in [6.45, 7) is 8.24. The zero-order chi connectivity index (χ0) is 17.1. The maximum atomic E-state index is 4.86. The van der Waals surface area contributed by atoms with Crippen LogP contribution < -0.4 is 10.2 Å². The van der Waals surface area contributed by atoms with Crippen LogP contribution in [0.5, 0.6) is 0 Å². The number of benzene rings is 1. The lowest BCUT2D eigenvalue weighted by atomic mass is 10.2. The van der Waals surface area contributed by atoms with Gasteiger partial charge in [-0.1, -0.05) is 25.1 Å². The van der Waals surface area contributed by atoms with Crippen LogP contribution in [0.25, 0.3) is 10.9 Å². The van der Waals surface area contributed by atoms with Crippen LogP contribution in [0.1, 0.15) is 11.8 Å². The van der Waals surface area contributed by atoms with Gasteiger partial charge in [0.05, 0.1) is 12.1 Å². The Bertz CT molecular complexity index is 825. The highest BCUT2D eigenvalue weighted by Gasteiger charge is 2.19. The van der Waals surface area contributed by atoms with Crippen molar-refractivity contribution < 1.29 is 0 Å². The Morgan fingerprint density at radius 1 is 1.04 bits per heavy atom. The molecule has 0 unspecified atom stereocenters. The van der Waals surface area contributed by atoms with Crippen molar-refractivity contribution in [2.24, 2.45) is 0 Å². The van der Waals surface area contributed by atoms with Gasteiger partial charge in [0.2, 0.25) is 5.95 Å². The maximum Gasteiger partial charge on any atom is 0.227 e. The van der Waals surface area contributed by atoms with Crippen LogP contribution in [-0.2, 0) is 6.54 Å². The number of hydrogen-bond acceptors (Lipinski definition) is 6. The fraction of sp³-hybridized carbons (Fsp3) is 0.368. The lowest BCUT2D eigenvalue weighted by Gasteiger charge is -2.34. The summed E-state index contributed by atoms with van der Waals surface area (Å²) in [6.07, 6.45) is 0. The smallest absolute Gasteiger partial charge is 0.227 e. The molecule has 1 aromatic carbocycles. The molecule has 0 amide bonds. The molecular weight excluding hydrogens is 330 g/mol. The van der Waals surface area contributed by atoms with Gasteiger partial charge in [0, 0.05) is 36.4 Å². The third-order valence-corrected chi connectivity index (χ3v) is 5.58. The van der Waals surface area contributed by atoms with E-state index in [2.05, 4.69) is 51.7 Å². The van der Waals surface area contributed by atoms with Gasteiger partial charge in [-0.05, 0) is 30.1 Å². The summed E-state index contributed by atoms with van der Waals surface area (Å²) in [5.74, 6) is 1.76. The molecule has 1 fully saturated rings. The Morgan fingerprint density at radius 2 is 1.88 bits per heavy atom. The maximum absolute atomic E-state index is 4.86. The minimum absolute atomic E-state index is 0.793. The molecule has 0 saturated carbocycles. The van der Waals surface area contributed by atoms with Crippen LogP contribution >= 0.6 is 11.3 Å². The topological polar surface area (TPSA) is 44.3 Å². The standard InChI is InChI=1S/C19H23N5S/c1-2-23-9-11-24(12-10-23)19-21-17-8-4-3-7-16(17)18(22-19)20-14-15-6-5-13-25-15/h3-8,13H,2,9-12,14H2,1H3,(H,20,21,22). The molecule has 0 atom stereocenters. The van der Waals surface area contributed by atoms with Crippen LogP contribution in [0.15, 0.2) is 41.8 Å². The Kier molecular flexibility index (Phi) is 4.81. The number of anilines is 2. The minimum atomic E-state index is 0.793. The molecule has 4 rings (SSSR count). The number of thiophene rings is 1. The molecule has 1 saturated heterocycles. The van der Waals surface area contributed by atoms with E-state index in [1.807, 2.05) is 12.1 Å². The molecule has 1 aliphatic rings. The van der Waals surface area contributed by atoms with Crippen molar-refractivity contribution in [1.82, 2.24) is 14.9 Å². The molecule has 2 aromatic heterocycles. The largest absolute Gasteiger partial charge is 0.364 e. The molecule has 0 spiro atoms. The number of rotatable bonds is 5. The zero-order valence-corrected chi connectivity index (χ0v) is 15.3. The lowest BCUT2D eigenvalue weighted by molar-refractivity contribution is 0.270. The monoisotopic (exact) mass is 353 g/mol. The predicted molar refractivity (Wildman–Crippen MR) is 106 cm³/mol. The third kappa shape index (κ3) is 3.60. The van der Waals surface area contributed by atoms with Crippen LogP contribution in [-0.4, -0.2) is 47.6 Å². The van der Waals surface area contributed by atoms with Gasteiger partial charge in [-0.15, -0.1) is 11.3 Å². The van der Waals surface area contributed by atoms with Crippen molar-refractivity contribution >= 4 is 34.0 Å². The number of nitrogens with zero attached hydrogens (tertiary/aromatic N) is 4. The van der Waals surface area contributed by atoms with Gasteiger partial charge in [-0.2, -0.15) is 4.98 Å². The Labute approximate surface area is 152 Å². The number of piperazine rings is 1. The van der Waals surface area contributed by atoms with Crippen LogP contribution in [0.2, 0.25) is 0 Å². The Hall–Kier alpha value is -2.18. The van der Waals surface area contributed by atoms with E-state index in [1.54, 1.807) is 11.3 Å². The zero-order valence-electron chi connectivity index (χ0n) is 14.5. The van der Waals surface area contributed by atoms with Crippen LogP contribution in [0, 0.1) is 0 Å². The summed E-state index contributed by atoms with van der Waals surface area (Å²) in [7, 11) is 0. The van der Waals surface area contributed by atoms with Gasteiger partial charge >= 0.3 is 0 Å². The first kappa shape index (κ1) is 16.3. The molecule has 25 heavy (non-hydrogen) atoms. The normalized spacial score (nSPS) is 15.6. The van der Waals surface area contributed by atoms with Crippen molar-refractivity contribution in [3.05, 3.63) is 46.7 Å². The molecule has 0 aliphatic carbocycles. The van der Waals surface area contributed by atoms with Gasteiger partial charge in [0.15, 0.2) is 0 Å². The fourth-order valence-electron chi connectivity index (χ4n) is 3.19. The summed E-state index contributed by atoms with van der Waals surface area (Å²) in [5, 5.41) is 6.70. The van der Waals surface area contributed by atoms with Gasteiger partial charge in [-0.3, -0.25) is 0 Å². The van der Waals surface area contributed by atoms with E-state index in [0.29, 0.717) is 0 Å². The summed E-state index contributed by atoms with van der Waals surface area (Å²) in [4.78, 5) is 15.8. The number of aromatic nitrogens is 2. The van der Waals surface area contributed by atoms with Crippen molar-refractivity contribution in [3.8, 4) is 0 Å². The molecule has 1 aliphatic heterocycles. The third-order valence-electron chi connectivity index (χ3n) is 4.70. The molecule has 3 aromatic rings. The molecule has 3 heterocycles. The molecule has 0 bridgehead atoms. The number of para-hydroxylation sites is 1. The van der Waals surface area contributed by atoms with Crippen molar-refractivity contribution in [1.29, 1.82) is 0 Å². The lowest BCUT2D eigenvalue weighted by Crippen LogP contribution is -2.46. The highest BCUT2D eigenvalue weighted by Crippen LogP contribution is 2.25. The first-order valence-corrected chi connectivity index (χ1v) is 9.72. The minimum Gasteiger partial charge on any atom is -0.364 e. The van der Waals surface area contributed by atoms with Gasteiger partial charge in [-0.25, -0.2) is 4.98 Å². The van der Waals surface area contributed by atoms with Gasteiger partial charge in [0.1, 0.15) is 5.82 Å². The summed E-state index contributed by atoms with van der Waals surface area (Å²) in [5.41, 5.74) is 0.999. The second-order valence-electron chi connectivity index (χ2n) is 6.24. The number of nitrogens with one attached hydrogen (secondary N) is 1. The summed E-state index contributed by atoms with van der Waals surface area (Å²) in [6, 6.07) is 12.5. The predicted octanol–water partition coefficient (Wildman–Crippen LogP) is 3.45. The molecule has 1 N–H and O–H groups in total. The molecule has 0 radical (unpaired) electrons. The number of fused-ring (bicyclic) bond motifs is 1. The Balaban J connectivity index is 1.61. The summed E-state index contributed by atoms with van der Waals surface area (Å²) >= 11 is 1.76. The van der Waals surface area contributed by atoms with E-state index in [-0.39, 0.29) is 0 Å². The van der Waals surface area contributed by atoms with E-state index in [1.165, 1.54) is 4.88 Å².